The first kappa shape index (κ1) is 20.7. The standard InChI is InChI=1S/C18H11F4N3O3/c19-15-6-13(4-2-11(15)8-24)28-9-16(26)17(27)25-12-3-1-10(7-23)14(5-12)18(20,21)22/h1-6,16,26H,9H2,(H,25,27). The number of amides is 1. The van der Waals surface area contributed by atoms with E-state index < -0.39 is 41.7 Å². The average molecular weight is 393 g/mol. The van der Waals surface area contributed by atoms with Crippen LogP contribution in [0.2, 0.25) is 0 Å². The Morgan fingerprint density at radius 1 is 1.14 bits per heavy atom. The van der Waals surface area contributed by atoms with E-state index in [1.165, 1.54) is 12.1 Å². The third-order valence-corrected chi connectivity index (χ3v) is 3.48. The van der Waals surface area contributed by atoms with Crippen molar-refractivity contribution in [2.75, 3.05) is 11.9 Å². The lowest BCUT2D eigenvalue weighted by molar-refractivity contribution is -0.137. The number of nitrogens with zero attached hydrogens (tertiary/aromatic N) is 2. The number of carbonyl (C=O) groups excluding carboxylic acids is 1. The molecule has 0 aliphatic rings. The molecule has 0 radical (unpaired) electrons. The zero-order valence-corrected chi connectivity index (χ0v) is 13.9. The topological polar surface area (TPSA) is 106 Å². The molecule has 0 aliphatic carbocycles. The summed E-state index contributed by atoms with van der Waals surface area (Å²) in [4.78, 5) is 11.9. The molecule has 0 aromatic heterocycles. The fraction of sp³-hybridized carbons (Fsp3) is 0.167. The first-order chi connectivity index (χ1) is 13.2. The maximum Gasteiger partial charge on any atom is 0.417 e. The highest BCUT2D eigenvalue weighted by Gasteiger charge is 2.34. The number of ether oxygens (including phenoxy) is 1. The van der Waals surface area contributed by atoms with Gasteiger partial charge in [0, 0.05) is 11.8 Å². The Kier molecular flexibility index (Phi) is 6.18. The maximum atomic E-state index is 13.5. The second-order valence-corrected chi connectivity index (χ2v) is 5.44. The van der Waals surface area contributed by atoms with Crippen molar-refractivity contribution < 1.29 is 32.2 Å². The van der Waals surface area contributed by atoms with E-state index >= 15 is 0 Å². The summed E-state index contributed by atoms with van der Waals surface area (Å²) >= 11 is 0. The normalized spacial score (nSPS) is 11.8. The van der Waals surface area contributed by atoms with Crippen molar-refractivity contribution in [3.63, 3.8) is 0 Å². The van der Waals surface area contributed by atoms with Crippen molar-refractivity contribution in [1.82, 2.24) is 0 Å². The predicted octanol–water partition coefficient (Wildman–Crippen LogP) is 2.97. The molecule has 2 rings (SSSR count). The molecule has 6 nitrogen and oxygen atoms in total. The fourth-order valence-corrected chi connectivity index (χ4v) is 2.11. The lowest BCUT2D eigenvalue weighted by Gasteiger charge is -2.15. The van der Waals surface area contributed by atoms with Crippen LogP contribution >= 0.6 is 0 Å². The van der Waals surface area contributed by atoms with E-state index in [9.17, 15) is 27.5 Å². The molecule has 2 aromatic rings. The van der Waals surface area contributed by atoms with E-state index in [-0.39, 0.29) is 17.0 Å². The zero-order chi connectivity index (χ0) is 20.9. The lowest BCUT2D eigenvalue weighted by atomic mass is 10.1. The van der Waals surface area contributed by atoms with Crippen molar-refractivity contribution in [3.8, 4) is 17.9 Å². The van der Waals surface area contributed by atoms with Crippen LogP contribution in [0.5, 0.6) is 5.75 Å². The monoisotopic (exact) mass is 393 g/mol. The zero-order valence-electron chi connectivity index (χ0n) is 13.9. The minimum absolute atomic E-state index is 0.0546. The van der Waals surface area contributed by atoms with Crippen LogP contribution in [0.4, 0.5) is 23.2 Å². The Hall–Kier alpha value is -3.63. The van der Waals surface area contributed by atoms with Gasteiger partial charge in [-0.15, -0.1) is 0 Å². The number of alkyl halides is 3. The van der Waals surface area contributed by atoms with Gasteiger partial charge in [0.25, 0.3) is 5.91 Å². The first-order valence-electron chi connectivity index (χ1n) is 7.58. The predicted molar refractivity (Wildman–Crippen MR) is 87.4 cm³/mol. The summed E-state index contributed by atoms with van der Waals surface area (Å²) in [6, 6.07) is 8.84. The van der Waals surface area contributed by atoms with Crippen LogP contribution in [0.1, 0.15) is 16.7 Å². The smallest absolute Gasteiger partial charge is 0.417 e. The third-order valence-electron chi connectivity index (χ3n) is 3.48. The van der Waals surface area contributed by atoms with Crippen LogP contribution in [-0.2, 0) is 11.0 Å². The molecular formula is C18H11F4N3O3. The molecule has 0 heterocycles. The minimum Gasteiger partial charge on any atom is -0.490 e. The van der Waals surface area contributed by atoms with E-state index in [1.54, 1.807) is 6.07 Å². The van der Waals surface area contributed by atoms with E-state index in [1.807, 2.05) is 0 Å². The Balaban J connectivity index is 2.04. The summed E-state index contributed by atoms with van der Waals surface area (Å²) in [5.41, 5.74) is -2.34. The van der Waals surface area contributed by atoms with Crippen LogP contribution in [0.25, 0.3) is 0 Å². The molecule has 144 valence electrons. The molecule has 1 atom stereocenters. The number of anilines is 1. The number of nitriles is 2. The lowest BCUT2D eigenvalue weighted by Crippen LogP contribution is -2.33. The highest BCUT2D eigenvalue weighted by atomic mass is 19.4. The maximum absolute atomic E-state index is 13.5. The highest BCUT2D eigenvalue weighted by Crippen LogP contribution is 2.33. The van der Waals surface area contributed by atoms with Crippen LogP contribution in [0.3, 0.4) is 0 Å². The quantitative estimate of drug-likeness (QED) is 0.760. The van der Waals surface area contributed by atoms with Gasteiger partial charge in [0.15, 0.2) is 6.10 Å². The van der Waals surface area contributed by atoms with Crippen LogP contribution < -0.4 is 10.1 Å². The van der Waals surface area contributed by atoms with Crippen LogP contribution in [0.15, 0.2) is 36.4 Å². The molecule has 2 aromatic carbocycles. The number of hydrogen-bond donors (Lipinski definition) is 2. The summed E-state index contributed by atoms with van der Waals surface area (Å²) in [6.07, 6.45) is -6.57. The summed E-state index contributed by atoms with van der Waals surface area (Å²) in [5, 5.41) is 29.2. The van der Waals surface area contributed by atoms with E-state index in [2.05, 4.69) is 5.32 Å². The Morgan fingerprint density at radius 3 is 2.36 bits per heavy atom. The first-order valence-corrected chi connectivity index (χ1v) is 7.58. The van der Waals surface area contributed by atoms with Gasteiger partial charge in [0.05, 0.1) is 22.8 Å². The Morgan fingerprint density at radius 2 is 1.79 bits per heavy atom. The third kappa shape index (κ3) is 4.96. The van der Waals surface area contributed by atoms with Crippen molar-refractivity contribution in [2.45, 2.75) is 12.3 Å². The van der Waals surface area contributed by atoms with E-state index in [0.29, 0.717) is 6.07 Å². The second-order valence-electron chi connectivity index (χ2n) is 5.44. The number of nitrogens with one attached hydrogen (secondary N) is 1. The SMILES string of the molecule is N#Cc1ccc(OCC(O)C(=O)Nc2ccc(C#N)c(C(F)(F)F)c2)cc1F. The molecule has 2 N–H and O–H groups in total. The number of rotatable bonds is 5. The summed E-state index contributed by atoms with van der Waals surface area (Å²) < 4.78 is 57.3. The molecule has 1 unspecified atom stereocenters. The fourth-order valence-electron chi connectivity index (χ4n) is 2.11. The van der Waals surface area contributed by atoms with E-state index in [0.717, 1.165) is 24.3 Å². The van der Waals surface area contributed by atoms with Crippen LogP contribution in [0, 0.1) is 28.5 Å². The number of benzene rings is 2. The van der Waals surface area contributed by atoms with Gasteiger partial charge in [0.2, 0.25) is 0 Å². The van der Waals surface area contributed by atoms with Gasteiger partial charge in [-0.1, -0.05) is 0 Å². The number of aliphatic hydroxyl groups is 1. The van der Waals surface area contributed by atoms with Crippen molar-refractivity contribution >= 4 is 11.6 Å². The molecule has 0 saturated carbocycles. The molecule has 10 heteroatoms. The van der Waals surface area contributed by atoms with Gasteiger partial charge in [-0.05, 0) is 30.3 Å². The number of carbonyl (C=O) groups is 1. The Bertz CT molecular complexity index is 978. The highest BCUT2D eigenvalue weighted by molar-refractivity contribution is 5.94. The molecule has 0 spiro atoms. The van der Waals surface area contributed by atoms with Gasteiger partial charge < -0.3 is 15.2 Å². The largest absolute Gasteiger partial charge is 0.490 e. The summed E-state index contributed by atoms with van der Waals surface area (Å²) in [7, 11) is 0. The number of hydrogen-bond acceptors (Lipinski definition) is 5. The summed E-state index contributed by atoms with van der Waals surface area (Å²) in [5.74, 6) is -1.97. The number of halogens is 4. The van der Waals surface area contributed by atoms with Gasteiger partial charge in [0.1, 0.15) is 24.2 Å². The Labute approximate surface area is 156 Å². The molecule has 28 heavy (non-hydrogen) atoms. The molecule has 1 amide bonds. The number of aliphatic hydroxyl groups excluding tert-OH is 1. The van der Waals surface area contributed by atoms with Gasteiger partial charge in [-0.3, -0.25) is 4.79 Å². The van der Waals surface area contributed by atoms with Gasteiger partial charge in [-0.25, -0.2) is 4.39 Å². The van der Waals surface area contributed by atoms with E-state index in [4.69, 9.17) is 15.3 Å². The molecule has 0 aliphatic heterocycles. The van der Waals surface area contributed by atoms with Gasteiger partial charge in [-0.2, -0.15) is 23.7 Å². The second kappa shape index (κ2) is 8.37. The van der Waals surface area contributed by atoms with Crippen molar-refractivity contribution in [1.29, 1.82) is 10.5 Å². The average Bonchev–Trinajstić information content (AvgIpc) is 2.65. The summed E-state index contributed by atoms with van der Waals surface area (Å²) in [6.45, 7) is -0.612. The molecule has 0 fully saturated rings. The van der Waals surface area contributed by atoms with Gasteiger partial charge >= 0.3 is 6.18 Å². The molecular weight excluding hydrogens is 382 g/mol. The molecule has 0 saturated heterocycles. The molecule has 0 bridgehead atoms. The van der Waals surface area contributed by atoms with Crippen LogP contribution in [-0.4, -0.2) is 23.7 Å². The van der Waals surface area contributed by atoms with Crippen molar-refractivity contribution in [2.24, 2.45) is 0 Å². The minimum atomic E-state index is -4.80. The van der Waals surface area contributed by atoms with Crippen molar-refractivity contribution in [3.05, 3.63) is 58.9 Å².